The Morgan fingerprint density at radius 1 is 1.03 bits per heavy atom. The fraction of sp³-hybridized carbons (Fsp3) is 0.375. The fourth-order valence-electron chi connectivity index (χ4n) is 4.33. The Labute approximate surface area is 183 Å². The quantitative estimate of drug-likeness (QED) is 0.637. The number of aromatic amines is 1. The van der Waals surface area contributed by atoms with Crippen molar-refractivity contribution in [1.82, 2.24) is 14.2 Å². The second-order valence-electron chi connectivity index (χ2n) is 8.27. The van der Waals surface area contributed by atoms with E-state index in [1.165, 1.54) is 15.3 Å². The number of aromatic nitrogens is 1. The van der Waals surface area contributed by atoms with Gasteiger partial charge in [0.25, 0.3) is 0 Å². The van der Waals surface area contributed by atoms with Gasteiger partial charge in [0.2, 0.25) is 15.9 Å². The van der Waals surface area contributed by atoms with Gasteiger partial charge in [-0.15, -0.1) is 0 Å². The minimum absolute atomic E-state index is 0.100. The first-order valence-corrected chi connectivity index (χ1v) is 12.2. The van der Waals surface area contributed by atoms with Gasteiger partial charge < -0.3 is 9.88 Å². The van der Waals surface area contributed by atoms with E-state index in [1.54, 1.807) is 11.0 Å². The van der Waals surface area contributed by atoms with Gasteiger partial charge in [-0.1, -0.05) is 35.9 Å². The molecular weight excluding hydrogens is 410 g/mol. The molecule has 1 saturated heterocycles. The molecule has 1 fully saturated rings. The van der Waals surface area contributed by atoms with E-state index in [0.717, 1.165) is 29.5 Å². The third-order valence-electron chi connectivity index (χ3n) is 6.05. The van der Waals surface area contributed by atoms with Crippen LogP contribution in [0.3, 0.4) is 0 Å². The number of sulfonamides is 1. The zero-order valence-corrected chi connectivity index (χ0v) is 18.9. The second-order valence-corrected chi connectivity index (χ2v) is 10.2. The maximum atomic E-state index is 13.0. The predicted molar refractivity (Wildman–Crippen MR) is 122 cm³/mol. The molecule has 2 aromatic carbocycles. The number of amides is 1. The average Bonchev–Trinajstić information content (AvgIpc) is 3.17. The Kier molecular flexibility index (Phi) is 6.16. The molecule has 7 heteroatoms. The number of nitrogens with zero attached hydrogens (tertiary/aromatic N) is 2. The average molecular weight is 440 g/mol. The number of hydrogen-bond donors (Lipinski definition) is 1. The Bertz CT molecular complexity index is 1190. The first-order chi connectivity index (χ1) is 14.9. The van der Waals surface area contributed by atoms with E-state index in [9.17, 15) is 13.2 Å². The molecule has 4 rings (SSSR count). The molecule has 0 spiro atoms. The summed E-state index contributed by atoms with van der Waals surface area (Å²) in [6.45, 7) is 5.33. The Hall–Kier alpha value is -2.64. The lowest BCUT2D eigenvalue weighted by molar-refractivity contribution is -0.132. The Morgan fingerprint density at radius 2 is 1.77 bits per heavy atom. The number of nitrogens with one attached hydrogen (secondary N) is 1. The van der Waals surface area contributed by atoms with Crippen molar-refractivity contribution in [2.45, 2.75) is 38.0 Å². The highest BCUT2D eigenvalue weighted by Crippen LogP contribution is 2.23. The van der Waals surface area contributed by atoms with Crippen molar-refractivity contribution >= 4 is 26.8 Å². The van der Waals surface area contributed by atoms with Crippen LogP contribution < -0.4 is 0 Å². The van der Waals surface area contributed by atoms with Gasteiger partial charge in [0.1, 0.15) is 0 Å². The van der Waals surface area contributed by atoms with Crippen LogP contribution in [0.4, 0.5) is 0 Å². The molecule has 2 heterocycles. The van der Waals surface area contributed by atoms with E-state index in [0.29, 0.717) is 37.5 Å². The van der Waals surface area contributed by atoms with Crippen molar-refractivity contribution in [3.63, 3.8) is 0 Å². The summed E-state index contributed by atoms with van der Waals surface area (Å²) in [5.74, 6) is 0.100. The zero-order chi connectivity index (χ0) is 22.0. The van der Waals surface area contributed by atoms with Crippen molar-refractivity contribution in [3.05, 3.63) is 65.4 Å². The third kappa shape index (κ3) is 4.52. The minimum atomic E-state index is -3.53. The maximum absolute atomic E-state index is 13.0. The third-order valence-corrected chi connectivity index (χ3v) is 8.11. The van der Waals surface area contributed by atoms with Gasteiger partial charge in [0, 0.05) is 49.7 Å². The number of hydrogen-bond acceptors (Lipinski definition) is 3. The van der Waals surface area contributed by atoms with Crippen LogP contribution in [0.1, 0.15) is 29.5 Å². The van der Waals surface area contributed by atoms with Crippen molar-refractivity contribution in [3.8, 4) is 0 Å². The van der Waals surface area contributed by atoms with Gasteiger partial charge in [0.15, 0.2) is 0 Å². The highest BCUT2D eigenvalue weighted by molar-refractivity contribution is 7.89. The molecule has 0 radical (unpaired) electrons. The molecule has 0 atom stereocenters. The van der Waals surface area contributed by atoms with E-state index in [-0.39, 0.29) is 5.91 Å². The normalized spacial score (nSPS) is 15.5. The van der Waals surface area contributed by atoms with E-state index in [2.05, 4.69) is 17.1 Å². The van der Waals surface area contributed by atoms with Gasteiger partial charge >= 0.3 is 0 Å². The molecule has 1 aliphatic rings. The van der Waals surface area contributed by atoms with Crippen LogP contribution in [0.2, 0.25) is 0 Å². The number of para-hydroxylation sites is 1. The van der Waals surface area contributed by atoms with Crippen LogP contribution >= 0.6 is 0 Å². The summed E-state index contributed by atoms with van der Waals surface area (Å²) in [6, 6.07) is 13.6. The molecule has 0 saturated carbocycles. The van der Waals surface area contributed by atoms with Gasteiger partial charge in [-0.3, -0.25) is 4.79 Å². The number of H-pyrrole nitrogens is 1. The maximum Gasteiger partial charge on any atom is 0.243 e. The summed E-state index contributed by atoms with van der Waals surface area (Å²) in [7, 11) is -3.53. The molecular formula is C24H29N3O3S. The summed E-state index contributed by atoms with van der Waals surface area (Å²) in [5, 5.41) is 1.21. The van der Waals surface area contributed by atoms with Crippen LogP contribution in [0.5, 0.6) is 0 Å². The lowest BCUT2D eigenvalue weighted by atomic mass is 10.1. The molecule has 0 unspecified atom stereocenters. The van der Waals surface area contributed by atoms with E-state index in [4.69, 9.17) is 0 Å². The molecule has 164 valence electrons. The standard InChI is InChI=1S/C24H29N3O3S/c1-18-10-11-23(19(2)16-18)31(29,30)27-14-12-26(13-15-27)24(28)9-5-6-20-17-25-22-8-4-3-7-21(20)22/h3-4,7-8,10-11,16-17,25H,5-6,9,12-15H2,1-2H3. The highest BCUT2D eigenvalue weighted by Gasteiger charge is 2.30. The fourth-order valence-corrected chi connectivity index (χ4v) is 5.96. The Balaban J connectivity index is 1.30. The molecule has 1 aliphatic heterocycles. The summed E-state index contributed by atoms with van der Waals surface area (Å²) in [4.78, 5) is 18.1. The van der Waals surface area contributed by atoms with Crippen LogP contribution in [-0.4, -0.2) is 54.7 Å². The Morgan fingerprint density at radius 3 is 2.52 bits per heavy atom. The number of aryl methyl sites for hydroxylation is 3. The second kappa shape index (κ2) is 8.85. The van der Waals surface area contributed by atoms with Crippen molar-refractivity contribution in [2.75, 3.05) is 26.2 Å². The molecule has 0 bridgehead atoms. The first-order valence-electron chi connectivity index (χ1n) is 10.8. The SMILES string of the molecule is Cc1ccc(S(=O)(=O)N2CCN(C(=O)CCCc3c[nH]c4ccccc34)CC2)c(C)c1. The predicted octanol–water partition coefficient (Wildman–Crippen LogP) is 3.64. The van der Waals surface area contributed by atoms with Crippen molar-refractivity contribution in [1.29, 1.82) is 0 Å². The zero-order valence-electron chi connectivity index (χ0n) is 18.1. The van der Waals surface area contributed by atoms with Gasteiger partial charge in [-0.05, 0) is 49.9 Å². The van der Waals surface area contributed by atoms with Crippen LogP contribution in [0.25, 0.3) is 10.9 Å². The van der Waals surface area contributed by atoms with Crippen LogP contribution in [0.15, 0.2) is 53.6 Å². The molecule has 1 N–H and O–H groups in total. The summed E-state index contributed by atoms with van der Waals surface area (Å²) >= 11 is 0. The number of piperazine rings is 1. The van der Waals surface area contributed by atoms with E-state index in [1.807, 2.05) is 44.3 Å². The number of rotatable bonds is 6. The highest BCUT2D eigenvalue weighted by atomic mass is 32.2. The number of carbonyl (C=O) groups is 1. The van der Waals surface area contributed by atoms with Crippen LogP contribution in [-0.2, 0) is 21.2 Å². The number of benzene rings is 2. The largest absolute Gasteiger partial charge is 0.361 e. The molecule has 1 aromatic heterocycles. The van der Waals surface area contributed by atoms with Gasteiger partial charge in [0.05, 0.1) is 4.90 Å². The van der Waals surface area contributed by atoms with Crippen molar-refractivity contribution in [2.24, 2.45) is 0 Å². The topological polar surface area (TPSA) is 73.5 Å². The number of fused-ring (bicyclic) bond motifs is 1. The molecule has 31 heavy (non-hydrogen) atoms. The van der Waals surface area contributed by atoms with E-state index < -0.39 is 10.0 Å². The monoisotopic (exact) mass is 439 g/mol. The summed E-state index contributed by atoms with van der Waals surface area (Å²) in [6.07, 6.45) is 4.12. The smallest absolute Gasteiger partial charge is 0.243 e. The molecule has 1 amide bonds. The van der Waals surface area contributed by atoms with E-state index >= 15 is 0 Å². The van der Waals surface area contributed by atoms with Crippen LogP contribution in [0, 0.1) is 13.8 Å². The first kappa shape index (κ1) is 21.6. The van der Waals surface area contributed by atoms with Gasteiger partial charge in [-0.25, -0.2) is 8.42 Å². The minimum Gasteiger partial charge on any atom is -0.361 e. The molecule has 6 nitrogen and oxygen atoms in total. The lowest BCUT2D eigenvalue weighted by Gasteiger charge is -2.34. The lowest BCUT2D eigenvalue weighted by Crippen LogP contribution is -2.50. The number of carbonyl (C=O) groups excluding carboxylic acids is 1. The van der Waals surface area contributed by atoms with Gasteiger partial charge in [-0.2, -0.15) is 4.31 Å². The summed E-state index contributed by atoms with van der Waals surface area (Å²) < 4.78 is 27.6. The van der Waals surface area contributed by atoms with Crippen molar-refractivity contribution < 1.29 is 13.2 Å². The molecule has 3 aromatic rings. The summed E-state index contributed by atoms with van der Waals surface area (Å²) in [5.41, 5.74) is 4.15. The molecule has 0 aliphatic carbocycles.